The minimum Gasteiger partial charge on any atom is -0.388 e. The minimum absolute atomic E-state index is 0.365. The minimum atomic E-state index is 0.365. The van der Waals surface area contributed by atoms with Crippen LogP contribution in [0.1, 0.15) is 27.2 Å². The van der Waals surface area contributed by atoms with Crippen molar-refractivity contribution in [1.29, 1.82) is 0 Å². The number of rotatable bonds is 4. The monoisotopic (exact) mass is 179 g/mol. The lowest BCUT2D eigenvalue weighted by atomic mass is 9.92. The summed E-state index contributed by atoms with van der Waals surface area (Å²) >= 11 is 0. The van der Waals surface area contributed by atoms with Gasteiger partial charge in [0.25, 0.3) is 0 Å². The Morgan fingerprint density at radius 1 is 1.38 bits per heavy atom. The van der Waals surface area contributed by atoms with Crippen molar-refractivity contribution in [2.75, 3.05) is 7.05 Å². The maximum absolute atomic E-state index is 3.65. The molecule has 1 N–H and O–H groups in total. The second-order valence-electron chi connectivity index (χ2n) is 4.27. The zero-order valence-electron chi connectivity index (χ0n) is 9.22. The van der Waals surface area contributed by atoms with Gasteiger partial charge in [0, 0.05) is 12.7 Å². The fourth-order valence-electron chi connectivity index (χ4n) is 0.889. The molecule has 0 aliphatic heterocycles. The van der Waals surface area contributed by atoms with E-state index in [1.54, 1.807) is 6.08 Å². The first-order chi connectivity index (χ1) is 5.99. The summed E-state index contributed by atoms with van der Waals surface area (Å²) in [5.74, 6) is 0. The van der Waals surface area contributed by atoms with Gasteiger partial charge in [0.1, 0.15) is 0 Å². The summed E-state index contributed by atoms with van der Waals surface area (Å²) in [4.78, 5) is 0. The predicted octanol–water partition coefficient (Wildman–Crippen LogP) is 3.27. The zero-order chi connectivity index (χ0) is 10.3. The maximum atomic E-state index is 3.65. The summed E-state index contributed by atoms with van der Waals surface area (Å²) in [6.07, 6.45) is 9.11. The Kier molecular flexibility index (Phi) is 5.20. The smallest absolute Gasteiger partial charge is 0.0334 e. The molecule has 1 nitrogen and oxygen atoms in total. The lowest BCUT2D eigenvalue weighted by molar-refractivity contribution is 0.420. The van der Waals surface area contributed by atoms with E-state index in [9.17, 15) is 0 Å². The average molecular weight is 179 g/mol. The molecule has 1 heteroatoms. The van der Waals surface area contributed by atoms with E-state index in [0.29, 0.717) is 5.41 Å². The van der Waals surface area contributed by atoms with Crippen LogP contribution in [0, 0.1) is 5.41 Å². The molecule has 0 aromatic heterocycles. The van der Waals surface area contributed by atoms with Gasteiger partial charge in [-0.2, -0.15) is 0 Å². The second-order valence-corrected chi connectivity index (χ2v) is 4.27. The molecule has 0 amide bonds. The average Bonchev–Trinajstić information content (AvgIpc) is 2.01. The van der Waals surface area contributed by atoms with Crippen LogP contribution < -0.4 is 5.32 Å². The number of allylic oxidation sites excluding steroid dienone is 4. The van der Waals surface area contributed by atoms with Crippen molar-refractivity contribution < 1.29 is 0 Å². The van der Waals surface area contributed by atoms with Gasteiger partial charge < -0.3 is 5.32 Å². The van der Waals surface area contributed by atoms with Gasteiger partial charge in [-0.1, -0.05) is 39.5 Å². The van der Waals surface area contributed by atoms with Gasteiger partial charge in [0.05, 0.1) is 0 Å². The first-order valence-corrected chi connectivity index (χ1v) is 4.66. The lowest BCUT2D eigenvalue weighted by Gasteiger charge is -2.14. The summed E-state index contributed by atoms with van der Waals surface area (Å²) in [5, 5.41) is 3.09. The fraction of sp³-hybridized carbons (Fsp3) is 0.500. The third-order valence-corrected chi connectivity index (χ3v) is 1.61. The van der Waals surface area contributed by atoms with Crippen molar-refractivity contribution in [2.45, 2.75) is 27.2 Å². The molecule has 0 saturated carbocycles. The molecule has 0 radical (unpaired) electrons. The van der Waals surface area contributed by atoms with E-state index in [1.165, 1.54) is 0 Å². The number of nitrogens with one attached hydrogen (secondary N) is 1. The van der Waals surface area contributed by atoms with Crippen molar-refractivity contribution in [3.8, 4) is 0 Å². The zero-order valence-corrected chi connectivity index (χ0v) is 9.22. The molecule has 0 rings (SSSR count). The van der Waals surface area contributed by atoms with E-state index in [4.69, 9.17) is 0 Å². The molecular formula is C12H21N. The van der Waals surface area contributed by atoms with E-state index in [-0.39, 0.29) is 0 Å². The van der Waals surface area contributed by atoms with Crippen LogP contribution >= 0.6 is 0 Å². The molecule has 74 valence electrons. The van der Waals surface area contributed by atoms with Crippen LogP contribution in [0.4, 0.5) is 0 Å². The molecule has 0 fully saturated rings. The van der Waals surface area contributed by atoms with Gasteiger partial charge in [-0.25, -0.2) is 0 Å². The molecule has 0 aliphatic carbocycles. The van der Waals surface area contributed by atoms with Gasteiger partial charge in [-0.15, -0.1) is 0 Å². The highest BCUT2D eigenvalue weighted by molar-refractivity contribution is 5.20. The van der Waals surface area contributed by atoms with E-state index >= 15 is 0 Å². The van der Waals surface area contributed by atoms with Crippen LogP contribution in [0.25, 0.3) is 0 Å². The number of hydrogen-bond donors (Lipinski definition) is 1. The highest BCUT2D eigenvalue weighted by Gasteiger charge is 2.06. The van der Waals surface area contributed by atoms with Crippen molar-refractivity contribution in [2.24, 2.45) is 5.41 Å². The van der Waals surface area contributed by atoms with Crippen LogP contribution in [-0.4, -0.2) is 7.05 Å². The topological polar surface area (TPSA) is 12.0 Å². The van der Waals surface area contributed by atoms with E-state index in [1.807, 2.05) is 13.1 Å². The van der Waals surface area contributed by atoms with Crippen LogP contribution in [0.3, 0.4) is 0 Å². The van der Waals surface area contributed by atoms with Gasteiger partial charge in [0.15, 0.2) is 0 Å². The van der Waals surface area contributed by atoms with E-state index < -0.39 is 0 Å². The first-order valence-electron chi connectivity index (χ1n) is 4.66. The van der Waals surface area contributed by atoms with Gasteiger partial charge in [0.2, 0.25) is 0 Å². The molecule has 0 aromatic carbocycles. The van der Waals surface area contributed by atoms with Crippen molar-refractivity contribution in [1.82, 2.24) is 5.32 Å². The highest BCUT2D eigenvalue weighted by Crippen LogP contribution is 2.18. The SMILES string of the molecule is C=C/C=C(\C=C/CC(C)(C)C)NC. The molecule has 0 aliphatic rings. The van der Waals surface area contributed by atoms with Gasteiger partial charge in [-0.05, 0) is 24.0 Å². The van der Waals surface area contributed by atoms with Crippen molar-refractivity contribution in [3.05, 3.63) is 36.6 Å². The third kappa shape index (κ3) is 7.38. The molecule has 0 atom stereocenters. The van der Waals surface area contributed by atoms with Crippen molar-refractivity contribution in [3.63, 3.8) is 0 Å². The van der Waals surface area contributed by atoms with Crippen molar-refractivity contribution >= 4 is 0 Å². The second kappa shape index (κ2) is 5.63. The molecule has 0 unspecified atom stereocenters. The normalized spacial score (nSPS) is 13.4. The van der Waals surface area contributed by atoms with Crippen LogP contribution in [0.15, 0.2) is 36.6 Å². The Balaban J connectivity index is 4.09. The predicted molar refractivity (Wildman–Crippen MR) is 60.6 cm³/mol. The third-order valence-electron chi connectivity index (χ3n) is 1.61. The Morgan fingerprint density at radius 2 is 2.00 bits per heavy atom. The summed E-state index contributed by atoms with van der Waals surface area (Å²) in [7, 11) is 1.91. The fourth-order valence-corrected chi connectivity index (χ4v) is 0.889. The molecule has 0 spiro atoms. The van der Waals surface area contributed by atoms with Gasteiger partial charge in [-0.3, -0.25) is 0 Å². The summed E-state index contributed by atoms with van der Waals surface area (Å²) in [6, 6.07) is 0. The molecule has 0 heterocycles. The Morgan fingerprint density at radius 3 is 2.38 bits per heavy atom. The highest BCUT2D eigenvalue weighted by atomic mass is 14.8. The first kappa shape index (κ1) is 12.0. The summed E-state index contributed by atoms with van der Waals surface area (Å²) in [5.41, 5.74) is 1.46. The van der Waals surface area contributed by atoms with Crippen LogP contribution in [-0.2, 0) is 0 Å². The van der Waals surface area contributed by atoms with Gasteiger partial charge >= 0.3 is 0 Å². The summed E-state index contributed by atoms with van der Waals surface area (Å²) in [6.45, 7) is 10.3. The standard InChI is InChI=1S/C12H21N/c1-6-8-11(13-5)9-7-10-12(2,3)4/h6-9,13H,1,10H2,2-5H3/b9-7-,11-8+. The molecule has 0 saturated heterocycles. The molecular weight excluding hydrogens is 158 g/mol. The maximum Gasteiger partial charge on any atom is 0.0334 e. The largest absolute Gasteiger partial charge is 0.388 e. The Bertz CT molecular complexity index is 204. The van der Waals surface area contributed by atoms with Crippen LogP contribution in [0.2, 0.25) is 0 Å². The number of hydrogen-bond acceptors (Lipinski definition) is 1. The van der Waals surface area contributed by atoms with Crippen LogP contribution in [0.5, 0.6) is 0 Å². The Labute approximate surface area is 82.2 Å². The Hall–Kier alpha value is -0.980. The van der Waals surface area contributed by atoms with E-state index in [2.05, 4.69) is 44.8 Å². The number of likely N-dealkylation sites (N-methyl/N-ethyl adjacent to an activating group) is 1. The quantitative estimate of drug-likeness (QED) is 0.653. The lowest BCUT2D eigenvalue weighted by Crippen LogP contribution is -2.04. The molecule has 13 heavy (non-hydrogen) atoms. The molecule has 0 bridgehead atoms. The molecule has 0 aromatic rings. The van der Waals surface area contributed by atoms with E-state index in [0.717, 1.165) is 12.1 Å². The summed E-state index contributed by atoms with van der Waals surface area (Å²) < 4.78 is 0.